The molecule has 0 aliphatic heterocycles. The quantitative estimate of drug-likeness (QED) is 0.624. The third-order valence-electron chi connectivity index (χ3n) is 0.707. The number of hydrogen-bond acceptors (Lipinski definition) is 0. The minimum atomic E-state index is 1.19. The molecule has 7 heavy (non-hydrogen) atoms. The van der Waals surface area contributed by atoms with Crippen molar-refractivity contribution < 1.29 is 16.3 Å². The molecule has 0 spiro atoms. The molecule has 0 rings (SSSR count). The van der Waals surface area contributed by atoms with E-state index in [1.807, 2.05) is 0 Å². The molecule has 0 aromatic rings. The van der Waals surface area contributed by atoms with Gasteiger partial charge in [0.25, 0.3) is 0 Å². The maximum absolute atomic E-state index is 3.06. The molecule has 0 unspecified atom stereocenters. The Hall–Kier alpha value is 1.10. The van der Waals surface area contributed by atoms with Gasteiger partial charge in [0.1, 0.15) is 0 Å². The fourth-order valence-corrected chi connectivity index (χ4v) is 0.354. The first-order valence-electron chi connectivity index (χ1n) is 2.68. The van der Waals surface area contributed by atoms with Crippen molar-refractivity contribution in [2.75, 3.05) is 0 Å². The van der Waals surface area contributed by atoms with Gasteiger partial charge in [0.15, 0.2) is 0 Å². The van der Waals surface area contributed by atoms with Crippen LogP contribution in [0.15, 0.2) is 0 Å². The van der Waals surface area contributed by atoms with Gasteiger partial charge < -0.3 is 0 Å². The van der Waals surface area contributed by atoms with Crippen molar-refractivity contribution in [2.45, 2.75) is 33.1 Å². The summed E-state index contributed by atoms with van der Waals surface area (Å²) in [6.07, 6.45) is 4.08. The predicted molar refractivity (Wildman–Crippen MR) is 34.1 cm³/mol. The molecule has 0 saturated heterocycles. The Labute approximate surface area is 63.1 Å². The Bertz CT molecular complexity index is 15.6. The molecule has 0 amide bonds. The van der Waals surface area contributed by atoms with Crippen LogP contribution >= 0.6 is 13.6 Å². The molecule has 0 fully saturated rings. The van der Waals surface area contributed by atoms with E-state index in [-0.39, 0.29) is 0 Å². The van der Waals surface area contributed by atoms with Gasteiger partial charge in [-0.1, -0.05) is 33.1 Å². The maximum atomic E-state index is 3.06. The van der Waals surface area contributed by atoms with Crippen LogP contribution in [0.2, 0.25) is 0 Å². The Balaban J connectivity index is 0. The van der Waals surface area contributed by atoms with Gasteiger partial charge in [-0.2, -0.15) is 0 Å². The summed E-state index contributed by atoms with van der Waals surface area (Å²) in [5, 5.41) is 0. The summed E-state index contributed by atoms with van der Waals surface area (Å²) in [6, 6.07) is 0. The summed E-state index contributed by atoms with van der Waals surface area (Å²) >= 11 is 4.25. The first-order chi connectivity index (χ1) is 3.41. The fraction of sp³-hybridized carbons (Fsp3) is 1.00. The van der Waals surface area contributed by atoms with Crippen LogP contribution in [0, 0.1) is 0 Å². The average molecular weight is 217 g/mol. The topological polar surface area (TPSA) is 0 Å². The van der Waals surface area contributed by atoms with E-state index in [9.17, 15) is 0 Å². The fourth-order valence-electron chi connectivity index (χ4n) is 0.354. The molecular formula is C5H12BrZn. The Morgan fingerprint density at radius 2 is 1.43 bits per heavy atom. The molecule has 2 heteroatoms. The number of halogens is 1. The van der Waals surface area contributed by atoms with E-state index in [0.29, 0.717) is 0 Å². The van der Waals surface area contributed by atoms with Gasteiger partial charge in [-0.25, -0.2) is 0 Å². The first-order valence-corrected chi connectivity index (χ1v) is 9.63. The van der Waals surface area contributed by atoms with E-state index in [1.54, 1.807) is 0 Å². The Morgan fingerprint density at radius 3 is 1.43 bits per heavy atom. The normalized spacial score (nSPS) is 7.00. The standard InChI is InChI=1S/C5H12.BrH.Zn/c1-3-5-4-2;;/h3-5H2,1-2H3;1H;/q;;+1/p-1. The zero-order valence-electron chi connectivity index (χ0n) is 5.21. The molecule has 0 N–H and O–H groups in total. The third kappa shape index (κ3) is 19.2. The molecular weight excluding hydrogens is 205 g/mol. The monoisotopic (exact) mass is 215 g/mol. The number of rotatable bonds is 2. The summed E-state index contributed by atoms with van der Waals surface area (Å²) in [4.78, 5) is 0. The minimum absolute atomic E-state index is 1.19. The molecule has 0 radical (unpaired) electrons. The molecule has 0 heterocycles. The van der Waals surface area contributed by atoms with Gasteiger partial charge in [-0.15, -0.1) is 0 Å². The van der Waals surface area contributed by atoms with Crippen molar-refractivity contribution in [3.8, 4) is 0 Å². The van der Waals surface area contributed by atoms with E-state index in [2.05, 4.69) is 27.5 Å². The van der Waals surface area contributed by atoms with E-state index in [0.717, 1.165) is 0 Å². The zero-order chi connectivity index (χ0) is 6.12. The summed E-state index contributed by atoms with van der Waals surface area (Å²) in [7, 11) is 0. The molecule has 41 valence electrons. The molecule has 0 saturated carbocycles. The molecule has 0 aliphatic rings. The van der Waals surface area contributed by atoms with Gasteiger partial charge in [0.2, 0.25) is 0 Å². The third-order valence-corrected chi connectivity index (χ3v) is 0.707. The summed E-state index contributed by atoms with van der Waals surface area (Å²) in [5.41, 5.74) is 0. The van der Waals surface area contributed by atoms with Crippen molar-refractivity contribution in [3.05, 3.63) is 0 Å². The molecule has 0 aromatic carbocycles. The van der Waals surface area contributed by atoms with Crippen molar-refractivity contribution in [1.29, 1.82) is 0 Å². The van der Waals surface area contributed by atoms with Gasteiger partial charge in [-0.05, 0) is 0 Å². The second-order valence-corrected chi connectivity index (χ2v) is 1.35. The van der Waals surface area contributed by atoms with Gasteiger partial charge in [0.05, 0.1) is 0 Å². The first kappa shape index (κ1) is 11.0. The van der Waals surface area contributed by atoms with Crippen LogP contribution in [-0.4, -0.2) is 0 Å². The second-order valence-electron chi connectivity index (χ2n) is 1.35. The van der Waals surface area contributed by atoms with Crippen molar-refractivity contribution in [3.63, 3.8) is 0 Å². The predicted octanol–water partition coefficient (Wildman–Crippen LogP) is 3.04. The summed E-state index contributed by atoms with van der Waals surface area (Å²) in [5.74, 6) is 0. The molecule has 0 bridgehead atoms. The Kier molecular flexibility index (Phi) is 24.6. The van der Waals surface area contributed by atoms with E-state index in [4.69, 9.17) is 0 Å². The van der Waals surface area contributed by atoms with Gasteiger partial charge in [0, 0.05) is 0 Å². The van der Waals surface area contributed by atoms with Crippen LogP contribution < -0.4 is 0 Å². The number of hydrogen-bond donors (Lipinski definition) is 0. The molecule has 0 aliphatic carbocycles. The van der Waals surface area contributed by atoms with Crippen LogP contribution in [0.5, 0.6) is 0 Å². The van der Waals surface area contributed by atoms with Crippen LogP contribution in [0.25, 0.3) is 0 Å². The van der Waals surface area contributed by atoms with E-state index < -0.39 is 0 Å². The van der Waals surface area contributed by atoms with Gasteiger partial charge in [-0.3, -0.25) is 0 Å². The van der Waals surface area contributed by atoms with E-state index >= 15 is 0 Å². The van der Waals surface area contributed by atoms with E-state index in [1.165, 1.54) is 35.6 Å². The van der Waals surface area contributed by atoms with Crippen LogP contribution in [0.3, 0.4) is 0 Å². The van der Waals surface area contributed by atoms with Crippen LogP contribution in [0.1, 0.15) is 33.1 Å². The molecule has 0 aromatic heterocycles. The summed E-state index contributed by atoms with van der Waals surface area (Å²) in [6.45, 7) is 4.42. The van der Waals surface area contributed by atoms with Crippen molar-refractivity contribution in [2.24, 2.45) is 0 Å². The zero-order valence-corrected chi connectivity index (χ0v) is 9.76. The van der Waals surface area contributed by atoms with Crippen molar-refractivity contribution in [1.82, 2.24) is 0 Å². The van der Waals surface area contributed by atoms with Crippen molar-refractivity contribution >= 4 is 13.6 Å². The van der Waals surface area contributed by atoms with Gasteiger partial charge >= 0.3 is 30.0 Å². The SMILES string of the molecule is CCCCC.[Zn][Br]. The van der Waals surface area contributed by atoms with Crippen LogP contribution in [-0.2, 0) is 16.3 Å². The number of unbranched alkanes of at least 4 members (excludes halogenated alkanes) is 2. The molecule has 0 atom stereocenters. The Morgan fingerprint density at radius 1 is 1.14 bits per heavy atom. The van der Waals surface area contributed by atoms with Crippen LogP contribution in [0.4, 0.5) is 0 Å². The average Bonchev–Trinajstić information content (AvgIpc) is 1.75. The summed E-state index contributed by atoms with van der Waals surface area (Å²) < 4.78 is 0. The molecule has 0 nitrogen and oxygen atoms in total. The second kappa shape index (κ2) is 15.7.